The van der Waals surface area contributed by atoms with Gasteiger partial charge in [0.2, 0.25) is 17.7 Å². The number of carboxylic acids is 1. The minimum atomic E-state index is -1.17. The molecule has 1 aromatic carbocycles. The highest BCUT2D eigenvalue weighted by atomic mass is 32.2. The van der Waals surface area contributed by atoms with Gasteiger partial charge in [-0.2, -0.15) is 11.8 Å². The quantitative estimate of drug-likeness (QED) is 0.0793. The number of nitrogens with zero attached hydrogens (tertiary/aromatic N) is 1. The highest BCUT2D eigenvalue weighted by molar-refractivity contribution is 7.98. The van der Waals surface area contributed by atoms with Crippen LogP contribution in [-0.4, -0.2) is 84.0 Å². The maximum absolute atomic E-state index is 13.3. The lowest BCUT2D eigenvalue weighted by Crippen LogP contribution is -2.57. The molecule has 0 aromatic heterocycles. The van der Waals surface area contributed by atoms with Gasteiger partial charge in [-0.1, -0.05) is 30.3 Å². The van der Waals surface area contributed by atoms with Crippen molar-refractivity contribution in [1.29, 1.82) is 0 Å². The van der Waals surface area contributed by atoms with E-state index in [1.54, 1.807) is 24.3 Å². The molecular formula is C25H39N7O5S. The average molecular weight is 550 g/mol. The first-order chi connectivity index (χ1) is 18.2. The third-order valence-corrected chi connectivity index (χ3v) is 6.74. The lowest BCUT2D eigenvalue weighted by Gasteiger charge is -2.25. The lowest BCUT2D eigenvalue weighted by molar-refractivity contribution is -0.142. The van der Waals surface area contributed by atoms with Gasteiger partial charge in [-0.05, 0) is 56.2 Å². The Morgan fingerprint density at radius 2 is 1.71 bits per heavy atom. The van der Waals surface area contributed by atoms with Gasteiger partial charge in [0.15, 0.2) is 5.96 Å². The van der Waals surface area contributed by atoms with Crippen molar-refractivity contribution in [2.45, 2.75) is 62.7 Å². The molecule has 38 heavy (non-hydrogen) atoms. The fourth-order valence-corrected chi connectivity index (χ4v) is 4.52. The second kappa shape index (κ2) is 16.5. The van der Waals surface area contributed by atoms with E-state index in [1.165, 1.54) is 11.8 Å². The molecule has 0 aliphatic carbocycles. The van der Waals surface area contributed by atoms with E-state index in [9.17, 15) is 24.3 Å². The number of aliphatic imine (C=N–C) groups is 1. The minimum Gasteiger partial charge on any atom is -0.480 e. The van der Waals surface area contributed by atoms with E-state index in [1.807, 2.05) is 12.3 Å². The number of nitrogens with two attached hydrogens (primary N) is 2. The molecule has 3 amide bonds. The number of aliphatic carboxylic acids is 1. The summed E-state index contributed by atoms with van der Waals surface area (Å²) < 4.78 is 0. The van der Waals surface area contributed by atoms with Crippen LogP contribution in [0.2, 0.25) is 0 Å². The number of carbonyl (C=O) groups is 4. The van der Waals surface area contributed by atoms with Crippen LogP contribution in [0.25, 0.3) is 0 Å². The zero-order valence-electron chi connectivity index (χ0n) is 21.7. The zero-order chi connectivity index (χ0) is 27.9. The van der Waals surface area contributed by atoms with E-state index in [0.29, 0.717) is 18.6 Å². The van der Waals surface area contributed by atoms with E-state index in [4.69, 9.17) is 11.5 Å². The molecule has 1 aliphatic heterocycles. The van der Waals surface area contributed by atoms with Gasteiger partial charge < -0.3 is 37.8 Å². The molecule has 12 nitrogen and oxygen atoms in total. The molecule has 1 aromatic rings. The van der Waals surface area contributed by atoms with E-state index >= 15 is 0 Å². The third kappa shape index (κ3) is 11.0. The molecule has 1 fully saturated rings. The summed E-state index contributed by atoms with van der Waals surface area (Å²) in [6.07, 6.45) is 4.47. The fraction of sp³-hybridized carbons (Fsp3) is 0.560. The van der Waals surface area contributed by atoms with Crippen LogP contribution in [-0.2, 0) is 25.6 Å². The van der Waals surface area contributed by atoms with Gasteiger partial charge in [0.05, 0.1) is 6.04 Å². The number of amides is 3. The molecule has 4 atom stereocenters. The highest BCUT2D eigenvalue weighted by Gasteiger charge is 2.31. The van der Waals surface area contributed by atoms with Crippen molar-refractivity contribution in [1.82, 2.24) is 21.3 Å². The average Bonchev–Trinajstić information content (AvgIpc) is 3.43. The van der Waals surface area contributed by atoms with Crippen LogP contribution in [0.1, 0.15) is 37.7 Å². The Morgan fingerprint density at radius 3 is 2.29 bits per heavy atom. The normalized spacial score (nSPS) is 17.0. The summed E-state index contributed by atoms with van der Waals surface area (Å²) in [6.45, 7) is 1.00. The molecule has 2 rings (SSSR count). The Hall–Kier alpha value is -3.32. The number of carboxylic acid groups (broad SMARTS) is 1. The van der Waals surface area contributed by atoms with Gasteiger partial charge in [-0.25, -0.2) is 4.79 Å². The standard InChI is InChI=1S/C25H39N7O5S/c1-38-14-11-19(23(35)32-20(24(36)37)15-16-7-3-2-4-8-16)31-22(34)18(10-6-13-29-25(26)27)30-21(33)17-9-5-12-28-17/h2-4,7-8,17-20,28H,5-6,9-15H2,1H3,(H,30,33)(H,31,34)(H,32,35)(H,36,37)(H4,26,27,29). The van der Waals surface area contributed by atoms with Gasteiger partial charge in [-0.15, -0.1) is 0 Å². The topological polar surface area (TPSA) is 201 Å². The van der Waals surface area contributed by atoms with Crippen molar-refractivity contribution in [2.24, 2.45) is 16.5 Å². The first-order valence-electron chi connectivity index (χ1n) is 12.7. The van der Waals surface area contributed by atoms with Crippen molar-refractivity contribution in [3.63, 3.8) is 0 Å². The zero-order valence-corrected chi connectivity index (χ0v) is 22.5. The smallest absolute Gasteiger partial charge is 0.326 e. The van der Waals surface area contributed by atoms with E-state index in [-0.39, 0.29) is 43.7 Å². The number of hydrogen-bond acceptors (Lipinski definition) is 7. The van der Waals surface area contributed by atoms with E-state index in [0.717, 1.165) is 18.5 Å². The van der Waals surface area contributed by atoms with Crippen molar-refractivity contribution in [2.75, 3.05) is 25.1 Å². The molecule has 4 unspecified atom stereocenters. The van der Waals surface area contributed by atoms with Crippen molar-refractivity contribution < 1.29 is 24.3 Å². The summed E-state index contributed by atoms with van der Waals surface area (Å²) in [5.74, 6) is -2.10. The third-order valence-electron chi connectivity index (χ3n) is 6.10. The molecule has 13 heteroatoms. The first-order valence-corrected chi connectivity index (χ1v) is 14.1. The summed E-state index contributed by atoms with van der Waals surface area (Å²) in [4.78, 5) is 54.9. The van der Waals surface area contributed by atoms with Crippen LogP contribution < -0.4 is 32.7 Å². The summed E-state index contributed by atoms with van der Waals surface area (Å²) in [5, 5.41) is 20.9. The summed E-state index contributed by atoms with van der Waals surface area (Å²) in [5.41, 5.74) is 11.5. The summed E-state index contributed by atoms with van der Waals surface area (Å²) >= 11 is 1.49. The van der Waals surface area contributed by atoms with E-state index in [2.05, 4.69) is 26.3 Å². The Labute approximate surface area is 227 Å². The molecule has 0 spiro atoms. The first kappa shape index (κ1) is 30.9. The number of thioether (sulfide) groups is 1. The van der Waals surface area contributed by atoms with Crippen LogP contribution in [0, 0.1) is 0 Å². The number of hydrogen-bond donors (Lipinski definition) is 7. The Balaban J connectivity index is 2.10. The van der Waals surface area contributed by atoms with E-state index < -0.39 is 35.9 Å². The van der Waals surface area contributed by atoms with Crippen molar-refractivity contribution in [3.8, 4) is 0 Å². The number of nitrogens with one attached hydrogen (secondary N) is 4. The largest absolute Gasteiger partial charge is 0.480 e. The molecule has 1 saturated heterocycles. The van der Waals surface area contributed by atoms with Gasteiger partial charge in [-0.3, -0.25) is 19.4 Å². The number of guanidine groups is 1. The lowest BCUT2D eigenvalue weighted by atomic mass is 10.0. The maximum atomic E-state index is 13.3. The molecule has 0 bridgehead atoms. The predicted molar refractivity (Wildman–Crippen MR) is 148 cm³/mol. The monoisotopic (exact) mass is 549 g/mol. The van der Waals surface area contributed by atoms with Crippen molar-refractivity contribution >= 4 is 41.4 Å². The number of carbonyl (C=O) groups excluding carboxylic acids is 3. The number of rotatable bonds is 16. The number of benzene rings is 1. The molecule has 0 radical (unpaired) electrons. The summed E-state index contributed by atoms with van der Waals surface area (Å²) in [7, 11) is 0. The second-order valence-corrected chi connectivity index (χ2v) is 10.1. The van der Waals surface area contributed by atoms with Gasteiger partial charge in [0.25, 0.3) is 0 Å². The predicted octanol–water partition coefficient (Wildman–Crippen LogP) is -0.673. The Kier molecular flexibility index (Phi) is 13.4. The molecular weight excluding hydrogens is 510 g/mol. The maximum Gasteiger partial charge on any atom is 0.326 e. The molecule has 9 N–H and O–H groups in total. The Morgan fingerprint density at radius 1 is 1.05 bits per heavy atom. The second-order valence-electron chi connectivity index (χ2n) is 9.09. The minimum absolute atomic E-state index is 0.0671. The molecule has 210 valence electrons. The van der Waals surface area contributed by atoms with Crippen LogP contribution in [0.15, 0.2) is 35.3 Å². The molecule has 0 saturated carbocycles. The SMILES string of the molecule is CSCCC(NC(=O)C(CCCN=C(N)N)NC(=O)C1CCCN1)C(=O)NC(Cc1ccccc1)C(=O)O. The molecule has 1 heterocycles. The van der Waals surface area contributed by atoms with Crippen LogP contribution in [0.4, 0.5) is 0 Å². The Bertz CT molecular complexity index is 953. The highest BCUT2D eigenvalue weighted by Crippen LogP contribution is 2.09. The van der Waals surface area contributed by atoms with Gasteiger partial charge >= 0.3 is 5.97 Å². The fourth-order valence-electron chi connectivity index (χ4n) is 4.05. The molecule has 1 aliphatic rings. The van der Waals surface area contributed by atoms with Gasteiger partial charge in [0, 0.05) is 13.0 Å². The van der Waals surface area contributed by atoms with Crippen molar-refractivity contribution in [3.05, 3.63) is 35.9 Å². The van der Waals surface area contributed by atoms with Crippen LogP contribution in [0.3, 0.4) is 0 Å². The van der Waals surface area contributed by atoms with Gasteiger partial charge in [0.1, 0.15) is 18.1 Å². The van der Waals surface area contributed by atoms with Crippen LogP contribution in [0.5, 0.6) is 0 Å². The summed E-state index contributed by atoms with van der Waals surface area (Å²) in [6, 6.07) is 5.53. The van der Waals surface area contributed by atoms with Crippen LogP contribution >= 0.6 is 11.8 Å².